The number of aliphatic carboxylic acids is 1. The summed E-state index contributed by atoms with van der Waals surface area (Å²) in [6.45, 7) is 2.22. The Hall–Kier alpha value is -1.39. The Morgan fingerprint density at radius 2 is 1.24 bits per heavy atom. The van der Waals surface area contributed by atoms with Gasteiger partial charge < -0.3 is 14.9 Å². The monoisotopic (exact) mass is 406 g/mol. The molecule has 0 saturated carbocycles. The highest BCUT2D eigenvalue weighted by Crippen LogP contribution is 2.19. The molecule has 4 heteroatoms. The van der Waals surface area contributed by atoms with Crippen LogP contribution in [0.2, 0.25) is 0 Å². The number of carboxylic acids is 1. The molecule has 0 aliphatic heterocycles. The van der Waals surface area contributed by atoms with Gasteiger partial charge >= 0.3 is 5.97 Å². The Kier molecular flexibility index (Phi) is 14.5. The Bertz CT molecular complexity index is 513. The molecule has 0 heterocycles. The van der Waals surface area contributed by atoms with Crippen LogP contribution in [0.25, 0.3) is 0 Å². The molecule has 0 aliphatic rings. The molecule has 166 valence electrons. The van der Waals surface area contributed by atoms with Gasteiger partial charge in [-0.05, 0) is 25.3 Å². The molecule has 0 saturated heterocycles. The number of hydrogen-bond acceptors (Lipinski definition) is 3. The first kappa shape index (κ1) is 25.6. The molecule has 1 rings (SSSR count). The second kappa shape index (κ2) is 16.4. The summed E-state index contributed by atoms with van der Waals surface area (Å²) >= 11 is 0. The van der Waals surface area contributed by atoms with E-state index in [1.807, 2.05) is 30.3 Å². The van der Waals surface area contributed by atoms with E-state index < -0.39 is 11.8 Å². The lowest BCUT2D eigenvalue weighted by molar-refractivity contribution is -0.202. The van der Waals surface area contributed by atoms with Crippen molar-refractivity contribution < 1.29 is 19.7 Å². The molecule has 0 fully saturated rings. The summed E-state index contributed by atoms with van der Waals surface area (Å²) in [4.78, 5) is 10.4. The van der Waals surface area contributed by atoms with Crippen molar-refractivity contribution in [1.82, 2.24) is 0 Å². The van der Waals surface area contributed by atoms with Gasteiger partial charge in [0.2, 0.25) is 0 Å². The van der Waals surface area contributed by atoms with E-state index >= 15 is 0 Å². The normalized spacial score (nSPS) is 13.3. The second-order valence-electron chi connectivity index (χ2n) is 8.44. The predicted molar refractivity (Wildman–Crippen MR) is 119 cm³/mol. The van der Waals surface area contributed by atoms with Crippen molar-refractivity contribution in [3.63, 3.8) is 0 Å². The fraction of sp³-hybridized carbons (Fsp3) is 0.720. The Labute approximate surface area is 177 Å². The highest BCUT2D eigenvalue weighted by molar-refractivity contribution is 5.66. The third-order valence-corrected chi connectivity index (χ3v) is 5.42. The van der Waals surface area contributed by atoms with Crippen LogP contribution in [0.4, 0.5) is 0 Å². The third kappa shape index (κ3) is 16.1. The average Bonchev–Trinajstić information content (AvgIpc) is 2.70. The molecule has 0 aliphatic carbocycles. The molecule has 1 aromatic carbocycles. The molecule has 1 atom stereocenters. The third-order valence-electron chi connectivity index (χ3n) is 5.42. The van der Waals surface area contributed by atoms with Crippen LogP contribution in [0.1, 0.15) is 109 Å². The minimum absolute atomic E-state index is 0.318. The zero-order valence-electron chi connectivity index (χ0n) is 18.4. The van der Waals surface area contributed by atoms with E-state index in [0.717, 1.165) is 31.2 Å². The molecule has 1 aromatic rings. The van der Waals surface area contributed by atoms with Crippen LogP contribution in [0, 0.1) is 0 Å². The number of ether oxygens (including phenoxy) is 1. The molecule has 0 radical (unpaired) electrons. The van der Waals surface area contributed by atoms with Crippen LogP contribution in [-0.2, 0) is 16.1 Å². The first-order chi connectivity index (χ1) is 14.0. The van der Waals surface area contributed by atoms with Crippen molar-refractivity contribution in [2.75, 3.05) is 0 Å². The minimum atomic E-state index is -1.04. The van der Waals surface area contributed by atoms with E-state index in [9.17, 15) is 9.90 Å². The van der Waals surface area contributed by atoms with Crippen LogP contribution in [0.5, 0.6) is 0 Å². The fourth-order valence-electron chi connectivity index (χ4n) is 3.56. The van der Waals surface area contributed by atoms with Crippen LogP contribution in [0.3, 0.4) is 0 Å². The number of unbranched alkanes of at least 4 members (excludes halogenated alkanes) is 12. The Morgan fingerprint density at radius 1 is 0.793 bits per heavy atom. The highest BCUT2D eigenvalue weighted by atomic mass is 16.6. The first-order valence-corrected chi connectivity index (χ1v) is 11.6. The molecular formula is C25H42O4. The smallest absolute Gasteiger partial charge is 0.303 e. The molecular weight excluding hydrogens is 364 g/mol. The Morgan fingerprint density at radius 3 is 1.72 bits per heavy atom. The molecule has 1 unspecified atom stereocenters. The predicted octanol–water partition coefficient (Wildman–Crippen LogP) is 6.85. The maximum Gasteiger partial charge on any atom is 0.303 e. The summed E-state index contributed by atoms with van der Waals surface area (Å²) < 4.78 is 5.67. The number of hydrogen-bond donors (Lipinski definition) is 2. The number of carboxylic acid groups (broad SMARTS) is 1. The van der Waals surface area contributed by atoms with E-state index in [-0.39, 0.29) is 0 Å². The maximum atomic E-state index is 10.4. The van der Waals surface area contributed by atoms with Crippen LogP contribution in [0.15, 0.2) is 30.3 Å². The molecule has 0 aromatic heterocycles. The van der Waals surface area contributed by atoms with Gasteiger partial charge in [0.05, 0.1) is 6.61 Å². The second-order valence-corrected chi connectivity index (χ2v) is 8.44. The summed E-state index contributed by atoms with van der Waals surface area (Å²) in [5, 5.41) is 18.9. The maximum absolute atomic E-state index is 10.4. The molecule has 0 spiro atoms. The number of benzene rings is 1. The van der Waals surface area contributed by atoms with E-state index in [0.29, 0.717) is 19.4 Å². The van der Waals surface area contributed by atoms with Crippen molar-refractivity contribution >= 4 is 5.97 Å². The topological polar surface area (TPSA) is 66.8 Å². The van der Waals surface area contributed by atoms with Gasteiger partial charge in [-0.2, -0.15) is 0 Å². The van der Waals surface area contributed by atoms with Crippen LogP contribution >= 0.6 is 0 Å². The summed E-state index contributed by atoms with van der Waals surface area (Å²) in [7, 11) is 0. The molecule has 2 N–H and O–H groups in total. The fourth-order valence-corrected chi connectivity index (χ4v) is 3.56. The van der Waals surface area contributed by atoms with Crippen LogP contribution in [-0.4, -0.2) is 22.0 Å². The summed E-state index contributed by atoms with van der Waals surface area (Å²) in [5.74, 6) is -1.71. The summed E-state index contributed by atoms with van der Waals surface area (Å²) in [6, 6.07) is 9.98. The Balaban J connectivity index is 1.84. The SMILES string of the molecule is CC(O)(CCCCCCCCCCCCCCCC(=O)O)OCc1ccccc1. The largest absolute Gasteiger partial charge is 0.481 e. The number of rotatable bonds is 19. The lowest BCUT2D eigenvalue weighted by Gasteiger charge is -2.24. The van der Waals surface area contributed by atoms with Crippen molar-refractivity contribution in [3.05, 3.63) is 35.9 Å². The van der Waals surface area contributed by atoms with E-state index in [4.69, 9.17) is 9.84 Å². The van der Waals surface area contributed by atoms with Gasteiger partial charge in [-0.25, -0.2) is 0 Å². The molecule has 4 nitrogen and oxygen atoms in total. The molecule has 0 bridgehead atoms. The van der Waals surface area contributed by atoms with Crippen molar-refractivity contribution in [1.29, 1.82) is 0 Å². The highest BCUT2D eigenvalue weighted by Gasteiger charge is 2.20. The molecule has 0 amide bonds. The van der Waals surface area contributed by atoms with Crippen LogP contribution < -0.4 is 0 Å². The minimum Gasteiger partial charge on any atom is -0.481 e. The van der Waals surface area contributed by atoms with Gasteiger partial charge in [-0.15, -0.1) is 0 Å². The standard InChI is InChI=1S/C25H42O4/c1-25(28,29-22-23-18-14-13-15-19-23)21-17-12-10-8-6-4-2-3-5-7-9-11-16-20-24(26)27/h13-15,18-19,28H,2-12,16-17,20-22H2,1H3,(H,26,27). The number of aliphatic hydroxyl groups is 1. The summed E-state index contributed by atoms with van der Waals surface area (Å²) in [5.41, 5.74) is 1.09. The van der Waals surface area contributed by atoms with Crippen molar-refractivity contribution in [2.24, 2.45) is 0 Å². The van der Waals surface area contributed by atoms with Crippen molar-refractivity contribution in [2.45, 2.75) is 116 Å². The van der Waals surface area contributed by atoms with Gasteiger partial charge in [0.25, 0.3) is 0 Å². The van der Waals surface area contributed by atoms with Gasteiger partial charge in [0.1, 0.15) is 0 Å². The first-order valence-electron chi connectivity index (χ1n) is 11.6. The zero-order chi connectivity index (χ0) is 21.2. The lowest BCUT2D eigenvalue weighted by atomic mass is 10.0. The van der Waals surface area contributed by atoms with Gasteiger partial charge in [-0.1, -0.05) is 101 Å². The average molecular weight is 407 g/mol. The molecule has 29 heavy (non-hydrogen) atoms. The quantitative estimate of drug-likeness (QED) is 0.195. The summed E-state index contributed by atoms with van der Waals surface area (Å²) in [6.07, 6.45) is 16.5. The van der Waals surface area contributed by atoms with Gasteiger partial charge in [0.15, 0.2) is 5.79 Å². The van der Waals surface area contributed by atoms with E-state index in [1.54, 1.807) is 6.92 Å². The lowest BCUT2D eigenvalue weighted by Crippen LogP contribution is -2.27. The van der Waals surface area contributed by atoms with Gasteiger partial charge in [-0.3, -0.25) is 4.79 Å². The van der Waals surface area contributed by atoms with Crippen molar-refractivity contribution in [3.8, 4) is 0 Å². The zero-order valence-corrected chi connectivity index (χ0v) is 18.4. The van der Waals surface area contributed by atoms with Gasteiger partial charge in [0, 0.05) is 12.8 Å². The number of carbonyl (C=O) groups is 1. The van der Waals surface area contributed by atoms with E-state index in [2.05, 4.69) is 0 Å². The van der Waals surface area contributed by atoms with E-state index in [1.165, 1.54) is 57.8 Å².